The Labute approximate surface area is 122 Å². The molecule has 1 N–H and O–H groups in total. The zero-order valence-corrected chi connectivity index (χ0v) is 12.0. The molecule has 0 spiro atoms. The molecule has 1 aromatic carbocycles. The van der Waals surface area contributed by atoms with E-state index in [9.17, 15) is 14.7 Å². The maximum Gasteiger partial charge on any atom is 0.337 e. The normalized spacial score (nSPS) is 14.4. The van der Waals surface area contributed by atoms with Crippen LogP contribution in [0.4, 0.5) is 0 Å². The molecule has 110 valence electrons. The first-order chi connectivity index (χ1) is 9.99. The molecule has 1 aromatic heterocycles. The summed E-state index contributed by atoms with van der Waals surface area (Å²) >= 11 is 0. The third-order valence-electron chi connectivity index (χ3n) is 3.76. The number of benzene rings is 1. The number of imidazole rings is 1. The van der Waals surface area contributed by atoms with Gasteiger partial charge in [-0.25, -0.2) is 9.78 Å². The number of amides is 1. The van der Waals surface area contributed by atoms with E-state index in [1.807, 2.05) is 0 Å². The number of para-hydroxylation sites is 1. The molecule has 1 amide bonds. The van der Waals surface area contributed by atoms with Gasteiger partial charge < -0.3 is 14.6 Å². The lowest BCUT2D eigenvalue weighted by molar-refractivity contribution is -0.129. The van der Waals surface area contributed by atoms with Crippen LogP contribution in [0.3, 0.4) is 0 Å². The number of fused-ring (bicyclic) bond motifs is 1. The number of rotatable bonds is 4. The van der Waals surface area contributed by atoms with Gasteiger partial charge in [0.1, 0.15) is 12.4 Å². The quantitative estimate of drug-likeness (QED) is 0.928. The molecule has 1 aliphatic carbocycles. The van der Waals surface area contributed by atoms with E-state index in [1.165, 1.54) is 4.90 Å². The number of carboxylic acids is 1. The number of nitrogens with zero attached hydrogens (tertiary/aromatic N) is 3. The summed E-state index contributed by atoms with van der Waals surface area (Å²) in [5.41, 5.74) is 1.38. The van der Waals surface area contributed by atoms with Gasteiger partial charge in [0.2, 0.25) is 5.91 Å². The molecule has 2 aromatic rings. The molecule has 3 rings (SSSR count). The number of hydrogen-bond donors (Lipinski definition) is 1. The van der Waals surface area contributed by atoms with Gasteiger partial charge in [0.25, 0.3) is 0 Å². The second kappa shape index (κ2) is 4.87. The molecule has 1 aliphatic rings. The van der Waals surface area contributed by atoms with Crippen LogP contribution in [0.1, 0.15) is 34.9 Å². The molecule has 0 saturated heterocycles. The zero-order chi connectivity index (χ0) is 15.1. The monoisotopic (exact) mass is 287 g/mol. The highest BCUT2D eigenvalue weighted by atomic mass is 16.4. The third kappa shape index (κ3) is 2.37. The highest BCUT2D eigenvalue weighted by molar-refractivity contribution is 6.01. The SMILES string of the molecule is CN(C)C(=O)Cn1c(C2CC2)nc2cccc(C(=O)O)c21. The number of aromatic nitrogens is 2. The molecule has 1 saturated carbocycles. The number of carbonyl (C=O) groups is 2. The summed E-state index contributed by atoms with van der Waals surface area (Å²) in [5, 5.41) is 9.38. The number of carbonyl (C=O) groups excluding carboxylic acids is 1. The van der Waals surface area contributed by atoms with Gasteiger partial charge in [-0.15, -0.1) is 0 Å². The highest BCUT2D eigenvalue weighted by Gasteiger charge is 2.31. The minimum absolute atomic E-state index is 0.0728. The fraction of sp³-hybridized carbons (Fsp3) is 0.400. The fourth-order valence-electron chi connectivity index (χ4n) is 2.47. The van der Waals surface area contributed by atoms with E-state index in [2.05, 4.69) is 4.98 Å². The first-order valence-corrected chi connectivity index (χ1v) is 6.91. The summed E-state index contributed by atoms with van der Waals surface area (Å²) < 4.78 is 1.78. The molecule has 0 aliphatic heterocycles. The van der Waals surface area contributed by atoms with Crippen LogP contribution in [0.25, 0.3) is 11.0 Å². The van der Waals surface area contributed by atoms with Crippen molar-refractivity contribution < 1.29 is 14.7 Å². The van der Waals surface area contributed by atoms with Gasteiger partial charge in [0, 0.05) is 20.0 Å². The van der Waals surface area contributed by atoms with Crippen molar-refractivity contribution in [2.75, 3.05) is 14.1 Å². The molecular weight excluding hydrogens is 270 g/mol. The molecule has 1 fully saturated rings. The van der Waals surface area contributed by atoms with Gasteiger partial charge in [-0.3, -0.25) is 4.79 Å². The predicted molar refractivity (Wildman–Crippen MR) is 77.4 cm³/mol. The van der Waals surface area contributed by atoms with E-state index < -0.39 is 5.97 Å². The van der Waals surface area contributed by atoms with Crippen molar-refractivity contribution in [3.63, 3.8) is 0 Å². The number of likely N-dealkylation sites (N-methyl/N-ethyl adjacent to an activating group) is 1. The maximum absolute atomic E-state index is 12.1. The second-order valence-corrected chi connectivity index (χ2v) is 5.60. The van der Waals surface area contributed by atoms with Crippen molar-refractivity contribution in [2.45, 2.75) is 25.3 Å². The van der Waals surface area contributed by atoms with E-state index >= 15 is 0 Å². The standard InChI is InChI=1S/C15H17N3O3/c1-17(2)12(19)8-18-13-10(15(20)21)4-3-5-11(13)16-14(18)9-6-7-9/h3-5,9H,6-8H2,1-2H3,(H,20,21). The Morgan fingerprint density at radius 2 is 2.10 bits per heavy atom. The first-order valence-electron chi connectivity index (χ1n) is 6.91. The van der Waals surface area contributed by atoms with Gasteiger partial charge in [-0.05, 0) is 25.0 Å². The van der Waals surface area contributed by atoms with Crippen molar-refractivity contribution in [1.82, 2.24) is 14.5 Å². The van der Waals surface area contributed by atoms with Crippen LogP contribution in [-0.4, -0.2) is 45.5 Å². The van der Waals surface area contributed by atoms with Gasteiger partial charge in [-0.1, -0.05) is 6.07 Å². The Kier molecular flexibility index (Phi) is 3.16. The summed E-state index contributed by atoms with van der Waals surface area (Å²) in [4.78, 5) is 29.6. The van der Waals surface area contributed by atoms with Crippen molar-refractivity contribution in [3.8, 4) is 0 Å². The van der Waals surface area contributed by atoms with Gasteiger partial charge in [-0.2, -0.15) is 0 Å². The van der Waals surface area contributed by atoms with E-state index in [4.69, 9.17) is 0 Å². The largest absolute Gasteiger partial charge is 0.478 e. The molecule has 0 bridgehead atoms. The Hall–Kier alpha value is -2.37. The Morgan fingerprint density at radius 3 is 2.67 bits per heavy atom. The first kappa shape index (κ1) is 13.6. The fourth-order valence-corrected chi connectivity index (χ4v) is 2.47. The van der Waals surface area contributed by atoms with E-state index in [-0.39, 0.29) is 18.0 Å². The van der Waals surface area contributed by atoms with Crippen LogP contribution >= 0.6 is 0 Å². The van der Waals surface area contributed by atoms with Crippen molar-refractivity contribution in [1.29, 1.82) is 0 Å². The smallest absolute Gasteiger partial charge is 0.337 e. The highest BCUT2D eigenvalue weighted by Crippen LogP contribution is 2.41. The van der Waals surface area contributed by atoms with Crippen LogP contribution in [0.15, 0.2) is 18.2 Å². The molecule has 1 heterocycles. The lowest BCUT2D eigenvalue weighted by Crippen LogP contribution is -2.27. The van der Waals surface area contributed by atoms with Gasteiger partial charge in [0.05, 0.1) is 16.6 Å². The minimum Gasteiger partial charge on any atom is -0.478 e. The van der Waals surface area contributed by atoms with Crippen LogP contribution in [0.5, 0.6) is 0 Å². The average molecular weight is 287 g/mol. The molecule has 6 heteroatoms. The van der Waals surface area contributed by atoms with E-state index in [0.29, 0.717) is 17.0 Å². The Morgan fingerprint density at radius 1 is 1.38 bits per heavy atom. The number of carboxylic acid groups (broad SMARTS) is 1. The summed E-state index contributed by atoms with van der Waals surface area (Å²) in [6.07, 6.45) is 2.09. The Bertz CT molecular complexity index is 729. The summed E-state index contributed by atoms with van der Waals surface area (Å²) in [6.45, 7) is 0.125. The summed E-state index contributed by atoms with van der Waals surface area (Å²) in [7, 11) is 3.38. The average Bonchev–Trinajstić information content (AvgIpc) is 3.21. The van der Waals surface area contributed by atoms with Crippen LogP contribution < -0.4 is 0 Å². The van der Waals surface area contributed by atoms with Crippen molar-refractivity contribution in [2.24, 2.45) is 0 Å². The van der Waals surface area contributed by atoms with Crippen LogP contribution in [0, 0.1) is 0 Å². The van der Waals surface area contributed by atoms with Crippen LogP contribution in [-0.2, 0) is 11.3 Å². The van der Waals surface area contributed by atoms with Crippen molar-refractivity contribution >= 4 is 22.9 Å². The predicted octanol–water partition coefficient (Wildman–Crippen LogP) is 1.70. The van der Waals surface area contributed by atoms with Crippen LogP contribution in [0.2, 0.25) is 0 Å². The molecule has 0 unspecified atom stereocenters. The summed E-state index contributed by atoms with van der Waals surface area (Å²) in [5.74, 6) is 0.0979. The molecule has 0 radical (unpaired) electrons. The van der Waals surface area contributed by atoms with E-state index in [0.717, 1.165) is 18.7 Å². The second-order valence-electron chi connectivity index (χ2n) is 5.60. The van der Waals surface area contributed by atoms with Gasteiger partial charge in [0.15, 0.2) is 0 Å². The maximum atomic E-state index is 12.1. The van der Waals surface area contributed by atoms with Crippen molar-refractivity contribution in [3.05, 3.63) is 29.6 Å². The minimum atomic E-state index is -0.999. The Balaban J connectivity index is 2.19. The topological polar surface area (TPSA) is 75.4 Å². The lowest BCUT2D eigenvalue weighted by Gasteiger charge is -2.14. The molecule has 0 atom stereocenters. The third-order valence-corrected chi connectivity index (χ3v) is 3.76. The lowest BCUT2D eigenvalue weighted by atomic mass is 10.2. The summed E-state index contributed by atoms with van der Waals surface area (Å²) in [6, 6.07) is 5.04. The van der Waals surface area contributed by atoms with Gasteiger partial charge >= 0.3 is 5.97 Å². The number of aromatic carboxylic acids is 1. The molecule has 21 heavy (non-hydrogen) atoms. The van der Waals surface area contributed by atoms with E-state index in [1.54, 1.807) is 36.9 Å². The molecular formula is C15H17N3O3. The number of hydrogen-bond acceptors (Lipinski definition) is 3. The molecule has 6 nitrogen and oxygen atoms in total. The zero-order valence-electron chi connectivity index (χ0n) is 12.0.